The first-order valence-corrected chi connectivity index (χ1v) is 9.00. The monoisotopic (exact) mass is 341 g/mol. The minimum absolute atomic E-state index is 0.832. The van der Waals surface area contributed by atoms with Gasteiger partial charge < -0.3 is 10.1 Å². The fraction of sp³-hybridized carbons (Fsp3) is 0.600. The Balaban J connectivity index is 1.57. The maximum atomic E-state index is 5.76. The summed E-state index contributed by atoms with van der Waals surface area (Å²) in [6, 6.07) is 4.37. The maximum absolute atomic E-state index is 5.76. The SMILES string of the molecule is Brc1cc2c(c(CNCC3CCSCC3)c1)OCC2. The third-order valence-corrected chi connectivity index (χ3v) is 5.42. The summed E-state index contributed by atoms with van der Waals surface area (Å²) < 4.78 is 6.93. The first kappa shape index (κ1) is 13.8. The van der Waals surface area contributed by atoms with Crippen molar-refractivity contribution in [2.24, 2.45) is 5.92 Å². The molecule has 2 aliphatic rings. The minimum atomic E-state index is 0.832. The van der Waals surface area contributed by atoms with E-state index in [2.05, 4.69) is 45.1 Å². The molecule has 3 rings (SSSR count). The normalized spacial score (nSPS) is 19.2. The highest BCUT2D eigenvalue weighted by molar-refractivity contribution is 9.10. The van der Waals surface area contributed by atoms with Crippen molar-refractivity contribution in [1.82, 2.24) is 5.32 Å². The topological polar surface area (TPSA) is 21.3 Å². The van der Waals surface area contributed by atoms with E-state index in [9.17, 15) is 0 Å². The van der Waals surface area contributed by atoms with Crippen molar-refractivity contribution in [3.63, 3.8) is 0 Å². The second kappa shape index (κ2) is 6.51. The van der Waals surface area contributed by atoms with Crippen LogP contribution in [0.4, 0.5) is 0 Å². The molecule has 0 unspecified atom stereocenters. The molecule has 0 aromatic heterocycles. The molecule has 1 fully saturated rings. The molecule has 2 heterocycles. The molecule has 2 aliphatic heterocycles. The van der Waals surface area contributed by atoms with Gasteiger partial charge >= 0.3 is 0 Å². The van der Waals surface area contributed by atoms with Gasteiger partial charge in [0.25, 0.3) is 0 Å². The van der Waals surface area contributed by atoms with Crippen LogP contribution >= 0.6 is 27.7 Å². The summed E-state index contributed by atoms with van der Waals surface area (Å²) in [5, 5.41) is 3.62. The Hall–Kier alpha value is -0.190. The average molecular weight is 342 g/mol. The van der Waals surface area contributed by atoms with Crippen molar-refractivity contribution >= 4 is 27.7 Å². The number of thioether (sulfide) groups is 1. The third-order valence-electron chi connectivity index (χ3n) is 3.91. The van der Waals surface area contributed by atoms with Gasteiger partial charge in [0.15, 0.2) is 0 Å². The molecule has 0 spiro atoms. The average Bonchev–Trinajstić information content (AvgIpc) is 2.88. The van der Waals surface area contributed by atoms with E-state index in [1.165, 1.54) is 39.9 Å². The lowest BCUT2D eigenvalue weighted by atomic mass is 10.0. The molecule has 0 amide bonds. The second-order valence-corrected chi connectivity index (χ2v) is 7.48. The number of fused-ring (bicyclic) bond motifs is 1. The molecule has 2 nitrogen and oxygen atoms in total. The van der Waals surface area contributed by atoms with Gasteiger partial charge in [0.1, 0.15) is 5.75 Å². The van der Waals surface area contributed by atoms with Crippen LogP contribution in [0.15, 0.2) is 16.6 Å². The zero-order valence-electron chi connectivity index (χ0n) is 11.1. The van der Waals surface area contributed by atoms with Gasteiger partial charge in [-0.2, -0.15) is 11.8 Å². The predicted molar refractivity (Wildman–Crippen MR) is 85.1 cm³/mol. The van der Waals surface area contributed by atoms with E-state index in [0.717, 1.165) is 37.8 Å². The zero-order valence-corrected chi connectivity index (χ0v) is 13.5. The van der Waals surface area contributed by atoms with Gasteiger partial charge in [0.2, 0.25) is 0 Å². The van der Waals surface area contributed by atoms with Crippen LogP contribution in [0.1, 0.15) is 24.0 Å². The van der Waals surface area contributed by atoms with Crippen LogP contribution in [0.5, 0.6) is 5.75 Å². The number of nitrogens with one attached hydrogen (secondary N) is 1. The van der Waals surface area contributed by atoms with E-state index in [-0.39, 0.29) is 0 Å². The van der Waals surface area contributed by atoms with Gasteiger partial charge in [-0.3, -0.25) is 0 Å². The van der Waals surface area contributed by atoms with Crippen LogP contribution in [0, 0.1) is 5.92 Å². The van der Waals surface area contributed by atoms with E-state index >= 15 is 0 Å². The molecule has 0 atom stereocenters. The Morgan fingerprint density at radius 2 is 2.16 bits per heavy atom. The Morgan fingerprint density at radius 3 is 3.00 bits per heavy atom. The summed E-state index contributed by atoms with van der Waals surface area (Å²) >= 11 is 5.69. The van der Waals surface area contributed by atoms with Crippen molar-refractivity contribution in [3.05, 3.63) is 27.7 Å². The summed E-state index contributed by atoms with van der Waals surface area (Å²) in [4.78, 5) is 0. The molecule has 4 heteroatoms. The molecule has 0 bridgehead atoms. The highest BCUT2D eigenvalue weighted by Gasteiger charge is 2.18. The Kier molecular flexibility index (Phi) is 4.72. The van der Waals surface area contributed by atoms with Crippen LogP contribution in [-0.2, 0) is 13.0 Å². The maximum Gasteiger partial charge on any atom is 0.127 e. The summed E-state index contributed by atoms with van der Waals surface area (Å²) in [5.41, 5.74) is 2.65. The van der Waals surface area contributed by atoms with Crippen LogP contribution in [0.25, 0.3) is 0 Å². The molecule has 1 aromatic rings. The van der Waals surface area contributed by atoms with Crippen molar-refractivity contribution < 1.29 is 4.74 Å². The highest BCUT2D eigenvalue weighted by atomic mass is 79.9. The Bertz CT molecular complexity index is 446. The first-order chi connectivity index (χ1) is 9.33. The second-order valence-electron chi connectivity index (χ2n) is 5.34. The molecular formula is C15H20BrNOS. The van der Waals surface area contributed by atoms with Gasteiger partial charge in [-0.25, -0.2) is 0 Å². The van der Waals surface area contributed by atoms with E-state index < -0.39 is 0 Å². The van der Waals surface area contributed by atoms with Crippen molar-refractivity contribution in [1.29, 1.82) is 0 Å². The van der Waals surface area contributed by atoms with Crippen LogP contribution in [0.2, 0.25) is 0 Å². The predicted octanol–water partition coefficient (Wildman–Crippen LogP) is 3.62. The molecule has 1 N–H and O–H groups in total. The number of hydrogen-bond acceptors (Lipinski definition) is 3. The first-order valence-electron chi connectivity index (χ1n) is 7.05. The standard InChI is InChI=1S/C15H20BrNOS/c16-14-7-12-1-4-18-15(12)13(8-14)10-17-9-11-2-5-19-6-3-11/h7-8,11,17H,1-6,9-10H2. The van der Waals surface area contributed by atoms with Crippen molar-refractivity contribution in [2.75, 3.05) is 24.7 Å². The molecule has 0 saturated carbocycles. The number of ether oxygens (including phenoxy) is 1. The number of halogens is 1. The lowest BCUT2D eigenvalue weighted by molar-refractivity contribution is 0.351. The molecular weight excluding hydrogens is 322 g/mol. The van der Waals surface area contributed by atoms with E-state index in [1.807, 2.05) is 0 Å². The van der Waals surface area contributed by atoms with Crippen molar-refractivity contribution in [3.8, 4) is 5.75 Å². The quantitative estimate of drug-likeness (QED) is 0.903. The molecule has 1 aromatic carbocycles. The van der Waals surface area contributed by atoms with Gasteiger partial charge in [0.05, 0.1) is 6.61 Å². The highest BCUT2D eigenvalue weighted by Crippen LogP contribution is 2.33. The fourth-order valence-corrected chi connectivity index (χ4v) is 4.60. The summed E-state index contributed by atoms with van der Waals surface area (Å²) in [6.07, 6.45) is 3.77. The van der Waals surface area contributed by atoms with Crippen LogP contribution in [0.3, 0.4) is 0 Å². The largest absolute Gasteiger partial charge is 0.493 e. The number of rotatable bonds is 4. The third kappa shape index (κ3) is 3.47. The van der Waals surface area contributed by atoms with Crippen molar-refractivity contribution in [2.45, 2.75) is 25.8 Å². The molecule has 0 radical (unpaired) electrons. The molecule has 104 valence electrons. The summed E-state index contributed by atoms with van der Waals surface area (Å²) in [7, 11) is 0. The van der Waals surface area contributed by atoms with E-state index in [1.54, 1.807) is 0 Å². The Labute approximate surface area is 127 Å². The zero-order chi connectivity index (χ0) is 13.1. The smallest absolute Gasteiger partial charge is 0.127 e. The van der Waals surface area contributed by atoms with Gasteiger partial charge in [-0.1, -0.05) is 15.9 Å². The lowest BCUT2D eigenvalue weighted by Crippen LogP contribution is -2.25. The van der Waals surface area contributed by atoms with Gasteiger partial charge in [-0.05, 0) is 54.5 Å². The van der Waals surface area contributed by atoms with Gasteiger partial charge in [0, 0.05) is 23.0 Å². The minimum Gasteiger partial charge on any atom is -0.493 e. The van der Waals surface area contributed by atoms with Gasteiger partial charge in [-0.15, -0.1) is 0 Å². The number of benzene rings is 1. The number of hydrogen-bond donors (Lipinski definition) is 1. The van der Waals surface area contributed by atoms with E-state index in [4.69, 9.17) is 4.74 Å². The summed E-state index contributed by atoms with van der Waals surface area (Å²) in [6.45, 7) is 2.89. The van der Waals surface area contributed by atoms with E-state index in [0.29, 0.717) is 0 Å². The summed E-state index contributed by atoms with van der Waals surface area (Å²) in [5.74, 6) is 4.65. The molecule has 0 aliphatic carbocycles. The van der Waals surface area contributed by atoms with Crippen LogP contribution in [-0.4, -0.2) is 24.7 Å². The molecule has 1 saturated heterocycles. The fourth-order valence-electron chi connectivity index (χ4n) is 2.84. The van der Waals surface area contributed by atoms with Crippen LogP contribution < -0.4 is 10.1 Å². The molecule has 19 heavy (non-hydrogen) atoms. The lowest BCUT2D eigenvalue weighted by Gasteiger charge is -2.21. The Morgan fingerprint density at radius 1 is 1.32 bits per heavy atom.